The predicted octanol–water partition coefficient (Wildman–Crippen LogP) is 3.22. The molecular formula is C36H46N10O6. The third kappa shape index (κ3) is 12.7. The first-order chi connectivity index (χ1) is 25.2. The summed E-state index contributed by atoms with van der Waals surface area (Å²) in [4.78, 5) is 42.9. The zero-order valence-corrected chi connectivity index (χ0v) is 30.0. The Labute approximate surface area is 303 Å². The average molecular weight is 715 g/mol. The van der Waals surface area contributed by atoms with Crippen LogP contribution in [-0.4, -0.2) is 108 Å². The molecule has 0 spiro atoms. The fraction of sp³-hybridized carbons (Fsp3) is 0.417. The maximum absolute atomic E-state index is 12.4. The third-order valence-corrected chi connectivity index (χ3v) is 7.25. The molecule has 0 aliphatic carbocycles. The maximum Gasteiger partial charge on any atom is 0.345 e. The number of aliphatic imine (C=N–C) groups is 1. The number of rotatable bonds is 6. The zero-order valence-electron chi connectivity index (χ0n) is 30.0. The minimum absolute atomic E-state index is 0.214. The van der Waals surface area contributed by atoms with Crippen molar-refractivity contribution in [3.8, 4) is 17.9 Å². The number of hydrogen-bond acceptors (Lipinski definition) is 14. The van der Waals surface area contributed by atoms with Crippen LogP contribution in [0.2, 0.25) is 0 Å². The summed E-state index contributed by atoms with van der Waals surface area (Å²) in [6.45, 7) is 13.3. The minimum atomic E-state index is -1.12. The van der Waals surface area contributed by atoms with Gasteiger partial charge < -0.3 is 34.5 Å². The van der Waals surface area contributed by atoms with Crippen LogP contribution in [0, 0.1) is 29.7 Å². The highest BCUT2D eigenvalue weighted by molar-refractivity contribution is 5.83. The SMILES string of the molecule is CCOC(=O)C(C#N)N=C(C)OCC.Cc1nc2c(=O)[nH]c(N3CCOCC3)nc2n1-c1ccccc1.N#CN1CCOCC1.Nc1ccccc1. The van der Waals surface area contributed by atoms with Gasteiger partial charge in [-0.2, -0.15) is 15.5 Å². The van der Waals surface area contributed by atoms with E-state index in [1.54, 1.807) is 31.7 Å². The van der Waals surface area contributed by atoms with E-state index in [0.29, 0.717) is 69.1 Å². The summed E-state index contributed by atoms with van der Waals surface area (Å²) >= 11 is 0. The third-order valence-electron chi connectivity index (χ3n) is 7.25. The Balaban J connectivity index is 0.000000213. The van der Waals surface area contributed by atoms with Crippen molar-refractivity contribution < 1.29 is 23.7 Å². The summed E-state index contributed by atoms with van der Waals surface area (Å²) in [5, 5.41) is 16.9. The van der Waals surface area contributed by atoms with Gasteiger partial charge in [0.15, 0.2) is 23.3 Å². The smallest absolute Gasteiger partial charge is 0.345 e. The standard InChI is InChI=1S/C16H17N5O2.C9H14N2O3.C6H7N.C5H8N2O/c1-11-17-13-14(21(11)12-5-3-2-4-6-12)18-16(19-15(13)22)20-7-9-23-10-8-20;1-4-13-7(3)11-8(6-10)9(12)14-5-2;7-6-4-2-1-3-5-6;6-5-7-1-3-8-4-2-7/h2-6H,7-10H2,1H3,(H,18,19,22);8H,4-5H2,1-3H3;1-5H,7H2;1-4H2. The van der Waals surface area contributed by atoms with Crippen LogP contribution in [-0.2, 0) is 23.7 Å². The largest absolute Gasteiger partial charge is 0.481 e. The molecule has 4 heterocycles. The number of ether oxygens (including phenoxy) is 4. The summed E-state index contributed by atoms with van der Waals surface area (Å²) in [5.74, 6) is 0.979. The lowest BCUT2D eigenvalue weighted by Crippen LogP contribution is -2.38. The van der Waals surface area contributed by atoms with Crippen molar-refractivity contribution in [3.05, 3.63) is 76.8 Å². The highest BCUT2D eigenvalue weighted by Gasteiger charge is 2.20. The van der Waals surface area contributed by atoms with Crippen molar-refractivity contribution in [1.82, 2.24) is 24.4 Å². The Morgan fingerprint density at radius 2 is 1.52 bits per heavy atom. The summed E-state index contributed by atoms with van der Waals surface area (Å²) < 4.78 is 21.9. The topological polar surface area (TPSA) is 210 Å². The van der Waals surface area contributed by atoms with Gasteiger partial charge in [0.1, 0.15) is 11.9 Å². The van der Waals surface area contributed by atoms with E-state index in [9.17, 15) is 9.59 Å². The number of anilines is 2. The van der Waals surface area contributed by atoms with E-state index >= 15 is 0 Å². The second kappa shape index (κ2) is 22.0. The molecule has 1 unspecified atom stereocenters. The van der Waals surface area contributed by atoms with Crippen molar-refractivity contribution in [2.24, 2.45) is 4.99 Å². The lowest BCUT2D eigenvalue weighted by Gasteiger charge is -2.27. The van der Waals surface area contributed by atoms with Gasteiger partial charge in [0, 0.05) is 31.4 Å². The molecule has 276 valence electrons. The number of aromatic nitrogens is 4. The number of nitrogens with two attached hydrogens (primary N) is 1. The number of nitrogens with zero attached hydrogens (tertiary/aromatic N) is 8. The average Bonchev–Trinajstić information content (AvgIpc) is 3.52. The summed E-state index contributed by atoms with van der Waals surface area (Å²) in [6.07, 6.45) is 2.06. The number of para-hydroxylation sites is 2. The highest BCUT2D eigenvalue weighted by atomic mass is 16.5. The number of morpholine rings is 2. The van der Waals surface area contributed by atoms with Gasteiger partial charge >= 0.3 is 5.97 Å². The molecule has 0 saturated carbocycles. The number of aryl methyl sites for hydroxylation is 1. The van der Waals surface area contributed by atoms with Crippen molar-refractivity contribution in [1.29, 1.82) is 10.5 Å². The van der Waals surface area contributed by atoms with Crippen molar-refractivity contribution in [2.75, 3.05) is 76.5 Å². The molecule has 4 aromatic rings. The lowest BCUT2D eigenvalue weighted by atomic mass is 10.3. The van der Waals surface area contributed by atoms with Crippen LogP contribution in [0.5, 0.6) is 0 Å². The Morgan fingerprint density at radius 1 is 0.942 bits per heavy atom. The fourth-order valence-electron chi connectivity index (χ4n) is 4.78. The molecule has 0 amide bonds. The monoisotopic (exact) mass is 714 g/mol. The van der Waals surface area contributed by atoms with E-state index < -0.39 is 12.0 Å². The van der Waals surface area contributed by atoms with Crippen molar-refractivity contribution in [3.63, 3.8) is 0 Å². The van der Waals surface area contributed by atoms with Gasteiger partial charge in [0.2, 0.25) is 12.0 Å². The first-order valence-electron chi connectivity index (χ1n) is 16.9. The number of fused-ring (bicyclic) bond motifs is 1. The molecule has 0 bridgehead atoms. The van der Waals surface area contributed by atoms with Crippen LogP contribution < -0.4 is 16.2 Å². The normalized spacial score (nSPS) is 14.5. The molecule has 2 fully saturated rings. The molecule has 2 saturated heterocycles. The summed E-state index contributed by atoms with van der Waals surface area (Å²) in [6, 6.07) is 19.9. The van der Waals surface area contributed by atoms with Gasteiger partial charge in [0.25, 0.3) is 5.56 Å². The number of nitrogen functional groups attached to an aromatic ring is 1. The van der Waals surface area contributed by atoms with E-state index in [1.165, 1.54) is 0 Å². The van der Waals surface area contributed by atoms with Gasteiger partial charge in [0.05, 0.1) is 52.7 Å². The van der Waals surface area contributed by atoms with Gasteiger partial charge in [-0.15, -0.1) is 0 Å². The van der Waals surface area contributed by atoms with Crippen LogP contribution in [0.4, 0.5) is 11.6 Å². The minimum Gasteiger partial charge on any atom is -0.481 e. The van der Waals surface area contributed by atoms with Crippen LogP contribution in [0.1, 0.15) is 26.6 Å². The fourth-order valence-corrected chi connectivity index (χ4v) is 4.78. The number of carbonyl (C=O) groups is 1. The number of aromatic amines is 1. The predicted molar refractivity (Wildman–Crippen MR) is 197 cm³/mol. The van der Waals surface area contributed by atoms with E-state index in [0.717, 1.165) is 30.3 Å². The Hall–Kier alpha value is -5.97. The number of benzene rings is 2. The molecule has 52 heavy (non-hydrogen) atoms. The number of carbonyl (C=O) groups excluding carboxylic acids is 1. The molecule has 1 atom stereocenters. The lowest BCUT2D eigenvalue weighted by molar-refractivity contribution is -0.143. The second-order valence-electron chi connectivity index (χ2n) is 11.0. The van der Waals surface area contributed by atoms with Gasteiger partial charge in [-0.3, -0.25) is 14.3 Å². The van der Waals surface area contributed by atoms with Gasteiger partial charge in [-0.25, -0.2) is 14.8 Å². The summed E-state index contributed by atoms with van der Waals surface area (Å²) in [5.41, 5.74) is 7.86. The van der Waals surface area contributed by atoms with Crippen molar-refractivity contribution in [2.45, 2.75) is 33.7 Å². The Morgan fingerprint density at radius 3 is 2.02 bits per heavy atom. The molecule has 6 rings (SSSR count). The summed E-state index contributed by atoms with van der Waals surface area (Å²) in [7, 11) is 0. The van der Waals surface area contributed by atoms with Crippen molar-refractivity contribution >= 4 is 34.7 Å². The zero-order chi connectivity index (χ0) is 37.7. The van der Waals surface area contributed by atoms with E-state index in [4.69, 9.17) is 30.5 Å². The quantitative estimate of drug-likeness (QED) is 0.0968. The Kier molecular flexibility index (Phi) is 17.1. The van der Waals surface area contributed by atoms with Crippen LogP contribution in [0.15, 0.2) is 70.5 Å². The molecule has 2 aliphatic rings. The molecule has 16 heteroatoms. The van der Waals surface area contributed by atoms with Crippen LogP contribution >= 0.6 is 0 Å². The van der Waals surface area contributed by atoms with E-state index in [-0.39, 0.29) is 12.2 Å². The Bertz CT molecular complexity index is 1840. The maximum atomic E-state index is 12.4. The molecular weight excluding hydrogens is 668 g/mol. The number of nitriles is 2. The molecule has 0 radical (unpaired) electrons. The molecule has 2 aliphatic heterocycles. The first kappa shape index (κ1) is 40.5. The number of imidazole rings is 1. The van der Waals surface area contributed by atoms with Gasteiger partial charge in [-0.05, 0) is 45.0 Å². The molecule has 16 nitrogen and oxygen atoms in total. The molecule has 2 aromatic carbocycles. The first-order valence-corrected chi connectivity index (χ1v) is 16.9. The second-order valence-corrected chi connectivity index (χ2v) is 11.0. The molecule has 2 aromatic heterocycles. The number of nitrogens with one attached hydrogen (secondary N) is 1. The van der Waals surface area contributed by atoms with Gasteiger partial charge in [-0.1, -0.05) is 36.4 Å². The van der Waals surface area contributed by atoms with E-state index in [1.807, 2.05) is 77.1 Å². The number of H-pyrrole nitrogens is 1. The number of esters is 1. The van der Waals surface area contributed by atoms with E-state index in [2.05, 4.69) is 30.9 Å². The molecule has 3 N–H and O–H groups in total. The number of hydrogen-bond donors (Lipinski definition) is 2. The van der Waals surface area contributed by atoms with Crippen LogP contribution in [0.3, 0.4) is 0 Å². The highest BCUT2D eigenvalue weighted by Crippen LogP contribution is 2.19. The van der Waals surface area contributed by atoms with Crippen LogP contribution in [0.25, 0.3) is 16.9 Å².